The first-order chi connectivity index (χ1) is 9.54. The SMILES string of the molecule is FC(F)(F)c1cccc(Cn2ccc3ccccc32)c1. The number of alkyl halides is 3. The van der Waals surface area contributed by atoms with Crippen LogP contribution in [0.3, 0.4) is 0 Å². The number of para-hydroxylation sites is 1. The summed E-state index contributed by atoms with van der Waals surface area (Å²) in [6.45, 7) is 0.428. The molecule has 1 nitrogen and oxygen atoms in total. The predicted octanol–water partition coefficient (Wildman–Crippen LogP) is 4.71. The van der Waals surface area contributed by atoms with Crippen molar-refractivity contribution in [1.29, 1.82) is 0 Å². The van der Waals surface area contributed by atoms with Gasteiger partial charge in [0.05, 0.1) is 5.56 Å². The van der Waals surface area contributed by atoms with Gasteiger partial charge in [-0.15, -0.1) is 0 Å². The van der Waals surface area contributed by atoms with Crippen molar-refractivity contribution in [3.8, 4) is 0 Å². The number of aromatic nitrogens is 1. The Morgan fingerprint density at radius 2 is 1.70 bits per heavy atom. The quantitative estimate of drug-likeness (QED) is 0.638. The van der Waals surface area contributed by atoms with Crippen molar-refractivity contribution in [2.45, 2.75) is 12.7 Å². The average molecular weight is 275 g/mol. The minimum atomic E-state index is -4.30. The number of hydrogen-bond acceptors (Lipinski definition) is 0. The van der Waals surface area contributed by atoms with Gasteiger partial charge in [-0.05, 0) is 35.2 Å². The zero-order valence-corrected chi connectivity index (χ0v) is 10.6. The number of nitrogens with zero attached hydrogens (tertiary/aromatic N) is 1. The third kappa shape index (κ3) is 2.41. The smallest absolute Gasteiger partial charge is 0.343 e. The van der Waals surface area contributed by atoms with Crippen LogP contribution in [0.1, 0.15) is 11.1 Å². The molecule has 0 atom stereocenters. The summed E-state index contributed by atoms with van der Waals surface area (Å²) >= 11 is 0. The van der Waals surface area contributed by atoms with Gasteiger partial charge in [-0.2, -0.15) is 13.2 Å². The summed E-state index contributed by atoms with van der Waals surface area (Å²) in [5, 5.41) is 1.08. The lowest BCUT2D eigenvalue weighted by molar-refractivity contribution is -0.137. The fourth-order valence-electron chi connectivity index (χ4n) is 2.32. The Kier molecular flexibility index (Phi) is 3.01. The summed E-state index contributed by atoms with van der Waals surface area (Å²) in [7, 11) is 0. The molecule has 0 aliphatic heterocycles. The molecule has 20 heavy (non-hydrogen) atoms. The molecule has 3 rings (SSSR count). The Bertz CT molecular complexity index is 741. The maximum atomic E-state index is 12.7. The molecule has 0 amide bonds. The molecule has 102 valence electrons. The molecule has 1 heterocycles. The summed E-state index contributed by atoms with van der Waals surface area (Å²) in [4.78, 5) is 0. The zero-order valence-electron chi connectivity index (χ0n) is 10.6. The van der Waals surface area contributed by atoms with Crippen LogP contribution in [0.4, 0.5) is 13.2 Å². The fourth-order valence-corrected chi connectivity index (χ4v) is 2.32. The monoisotopic (exact) mass is 275 g/mol. The minimum Gasteiger partial charge on any atom is -0.343 e. The van der Waals surface area contributed by atoms with Crippen LogP contribution in [0.2, 0.25) is 0 Å². The molecule has 1 aromatic heterocycles. The highest BCUT2D eigenvalue weighted by Gasteiger charge is 2.30. The van der Waals surface area contributed by atoms with Crippen molar-refractivity contribution in [2.24, 2.45) is 0 Å². The van der Waals surface area contributed by atoms with Gasteiger partial charge >= 0.3 is 6.18 Å². The molecule has 0 unspecified atom stereocenters. The molecular formula is C16H12F3N. The van der Waals surface area contributed by atoms with E-state index in [1.54, 1.807) is 6.07 Å². The molecule has 0 saturated heterocycles. The standard InChI is InChI=1S/C16H12F3N/c17-16(18,19)14-6-3-4-12(10-14)11-20-9-8-13-5-1-2-7-15(13)20/h1-10H,11H2. The Hall–Kier alpha value is -2.23. The highest BCUT2D eigenvalue weighted by Crippen LogP contribution is 2.29. The molecule has 0 spiro atoms. The molecule has 0 saturated carbocycles. The van der Waals surface area contributed by atoms with E-state index in [1.807, 2.05) is 41.1 Å². The topological polar surface area (TPSA) is 4.93 Å². The maximum absolute atomic E-state index is 12.7. The van der Waals surface area contributed by atoms with Gasteiger partial charge < -0.3 is 4.57 Å². The van der Waals surface area contributed by atoms with Crippen molar-refractivity contribution >= 4 is 10.9 Å². The van der Waals surface area contributed by atoms with Gasteiger partial charge in [0.2, 0.25) is 0 Å². The van der Waals surface area contributed by atoms with Crippen LogP contribution in [0, 0.1) is 0 Å². The lowest BCUT2D eigenvalue weighted by Crippen LogP contribution is -2.06. The van der Waals surface area contributed by atoms with Gasteiger partial charge in [0, 0.05) is 18.3 Å². The van der Waals surface area contributed by atoms with Crippen LogP contribution in [-0.2, 0) is 12.7 Å². The number of fused-ring (bicyclic) bond motifs is 1. The summed E-state index contributed by atoms with van der Waals surface area (Å²) in [6.07, 6.45) is -2.40. The highest BCUT2D eigenvalue weighted by atomic mass is 19.4. The molecule has 0 radical (unpaired) electrons. The first kappa shape index (κ1) is 12.8. The van der Waals surface area contributed by atoms with E-state index in [0.29, 0.717) is 12.1 Å². The van der Waals surface area contributed by atoms with Gasteiger partial charge in [0.15, 0.2) is 0 Å². The van der Waals surface area contributed by atoms with Gasteiger partial charge in [-0.25, -0.2) is 0 Å². The second kappa shape index (κ2) is 4.71. The van der Waals surface area contributed by atoms with Gasteiger partial charge in [-0.3, -0.25) is 0 Å². The van der Waals surface area contributed by atoms with Crippen LogP contribution in [0.15, 0.2) is 60.8 Å². The van der Waals surface area contributed by atoms with Crippen LogP contribution >= 0.6 is 0 Å². The first-order valence-corrected chi connectivity index (χ1v) is 6.24. The van der Waals surface area contributed by atoms with Crippen molar-refractivity contribution in [3.63, 3.8) is 0 Å². The van der Waals surface area contributed by atoms with E-state index in [1.165, 1.54) is 12.1 Å². The number of hydrogen-bond donors (Lipinski definition) is 0. The Morgan fingerprint density at radius 3 is 2.50 bits per heavy atom. The second-order valence-corrected chi connectivity index (χ2v) is 4.70. The maximum Gasteiger partial charge on any atom is 0.416 e. The largest absolute Gasteiger partial charge is 0.416 e. The molecule has 0 fully saturated rings. The lowest BCUT2D eigenvalue weighted by Gasteiger charge is -2.10. The Morgan fingerprint density at radius 1 is 0.900 bits per heavy atom. The van der Waals surface area contributed by atoms with Crippen molar-refractivity contribution in [2.75, 3.05) is 0 Å². The van der Waals surface area contributed by atoms with E-state index in [9.17, 15) is 13.2 Å². The summed E-state index contributed by atoms with van der Waals surface area (Å²) in [5.74, 6) is 0. The number of rotatable bonds is 2. The highest BCUT2D eigenvalue weighted by molar-refractivity contribution is 5.80. The normalized spacial score (nSPS) is 11.9. The van der Waals surface area contributed by atoms with Crippen LogP contribution in [0.5, 0.6) is 0 Å². The molecule has 4 heteroatoms. The summed E-state index contributed by atoms with van der Waals surface area (Å²) in [6, 6.07) is 15.2. The van der Waals surface area contributed by atoms with E-state index in [-0.39, 0.29) is 0 Å². The van der Waals surface area contributed by atoms with Crippen LogP contribution in [0.25, 0.3) is 10.9 Å². The van der Waals surface area contributed by atoms with Gasteiger partial charge in [0.1, 0.15) is 0 Å². The average Bonchev–Trinajstić information content (AvgIpc) is 2.82. The molecule has 0 N–H and O–H groups in total. The minimum absolute atomic E-state index is 0.428. The van der Waals surface area contributed by atoms with Gasteiger partial charge in [0.25, 0.3) is 0 Å². The van der Waals surface area contributed by atoms with Crippen molar-refractivity contribution in [1.82, 2.24) is 4.57 Å². The third-order valence-electron chi connectivity index (χ3n) is 3.29. The molecule has 0 aliphatic carbocycles. The van der Waals surface area contributed by atoms with Crippen LogP contribution in [-0.4, -0.2) is 4.57 Å². The predicted molar refractivity (Wildman–Crippen MR) is 72.5 cm³/mol. The Labute approximate surface area is 114 Å². The molecular weight excluding hydrogens is 263 g/mol. The number of halogens is 3. The summed E-state index contributed by atoms with van der Waals surface area (Å²) in [5.41, 5.74) is 1.05. The van der Waals surface area contributed by atoms with E-state index in [0.717, 1.165) is 17.0 Å². The molecule has 0 bridgehead atoms. The molecule has 0 aliphatic rings. The van der Waals surface area contributed by atoms with E-state index < -0.39 is 11.7 Å². The van der Waals surface area contributed by atoms with E-state index in [4.69, 9.17) is 0 Å². The molecule has 3 aromatic rings. The number of benzene rings is 2. The zero-order chi connectivity index (χ0) is 14.2. The Balaban J connectivity index is 1.95. The fraction of sp³-hybridized carbons (Fsp3) is 0.125. The van der Waals surface area contributed by atoms with Crippen LogP contribution < -0.4 is 0 Å². The second-order valence-electron chi connectivity index (χ2n) is 4.70. The van der Waals surface area contributed by atoms with E-state index in [2.05, 4.69) is 0 Å². The van der Waals surface area contributed by atoms with Crippen molar-refractivity contribution in [3.05, 3.63) is 71.9 Å². The molecule has 2 aromatic carbocycles. The van der Waals surface area contributed by atoms with Gasteiger partial charge in [-0.1, -0.05) is 30.3 Å². The van der Waals surface area contributed by atoms with Crippen molar-refractivity contribution < 1.29 is 13.2 Å². The first-order valence-electron chi connectivity index (χ1n) is 6.24. The lowest BCUT2D eigenvalue weighted by atomic mass is 10.1. The third-order valence-corrected chi connectivity index (χ3v) is 3.29. The van der Waals surface area contributed by atoms with E-state index >= 15 is 0 Å². The summed E-state index contributed by atoms with van der Waals surface area (Å²) < 4.78 is 40.0.